The van der Waals surface area contributed by atoms with E-state index in [2.05, 4.69) is 64.3 Å². The van der Waals surface area contributed by atoms with E-state index in [1.54, 1.807) is 0 Å². The fourth-order valence-electron chi connectivity index (χ4n) is 2.38. The first kappa shape index (κ1) is 13.1. The third-order valence-corrected chi connectivity index (χ3v) is 4.46. The molecule has 0 amide bonds. The zero-order valence-corrected chi connectivity index (χ0v) is 12.3. The third kappa shape index (κ3) is 3.30. The number of piperazine rings is 1. The summed E-state index contributed by atoms with van der Waals surface area (Å²) in [6.45, 7) is 8.98. The van der Waals surface area contributed by atoms with Crippen LogP contribution in [0.15, 0.2) is 28.7 Å². The van der Waals surface area contributed by atoms with E-state index in [4.69, 9.17) is 0 Å². The van der Waals surface area contributed by atoms with Crippen molar-refractivity contribution in [2.45, 2.75) is 32.4 Å². The van der Waals surface area contributed by atoms with Crippen LogP contribution in [0.25, 0.3) is 0 Å². The van der Waals surface area contributed by atoms with Crippen LogP contribution < -0.4 is 5.32 Å². The Balaban J connectivity index is 2.02. The lowest BCUT2D eigenvalue weighted by atomic mass is 9.95. The Hall–Kier alpha value is -0.380. The lowest BCUT2D eigenvalue weighted by Crippen LogP contribution is -2.58. The van der Waals surface area contributed by atoms with Crippen LogP contribution in [0.3, 0.4) is 0 Å². The minimum absolute atomic E-state index is 0.277. The average Bonchev–Trinajstić information content (AvgIpc) is 2.32. The highest BCUT2D eigenvalue weighted by Gasteiger charge is 2.28. The predicted octanol–water partition coefficient (Wildman–Crippen LogP) is 3.02. The fourth-order valence-corrected chi connectivity index (χ4v) is 2.79. The van der Waals surface area contributed by atoms with Crippen LogP contribution in [-0.4, -0.2) is 30.1 Å². The van der Waals surface area contributed by atoms with E-state index in [0.29, 0.717) is 0 Å². The summed E-state index contributed by atoms with van der Waals surface area (Å²) < 4.78 is 1.22. The van der Waals surface area contributed by atoms with Crippen LogP contribution in [0.1, 0.15) is 25.8 Å². The first-order chi connectivity index (χ1) is 8.13. The van der Waals surface area contributed by atoms with Gasteiger partial charge in [-0.2, -0.15) is 0 Å². The summed E-state index contributed by atoms with van der Waals surface area (Å²) in [5.74, 6) is 0. The molecule has 1 aliphatic rings. The summed E-state index contributed by atoms with van der Waals surface area (Å²) >= 11 is 3.63. The molecule has 1 aromatic carbocycles. The van der Waals surface area contributed by atoms with Gasteiger partial charge in [0.15, 0.2) is 0 Å². The quantitative estimate of drug-likeness (QED) is 0.922. The van der Waals surface area contributed by atoms with E-state index in [1.807, 2.05) is 0 Å². The van der Waals surface area contributed by atoms with Crippen LogP contribution in [0.5, 0.6) is 0 Å². The molecule has 94 valence electrons. The zero-order valence-electron chi connectivity index (χ0n) is 10.7. The van der Waals surface area contributed by atoms with Crippen molar-refractivity contribution in [2.75, 3.05) is 19.6 Å². The summed E-state index contributed by atoms with van der Waals surface area (Å²) in [6, 6.07) is 8.51. The summed E-state index contributed by atoms with van der Waals surface area (Å²) in [4.78, 5) is 2.54. The molecule has 0 spiro atoms. The Kier molecular flexibility index (Phi) is 4.23. The Morgan fingerprint density at radius 2 is 2.18 bits per heavy atom. The lowest BCUT2D eigenvalue weighted by Gasteiger charge is -2.41. The van der Waals surface area contributed by atoms with Crippen molar-refractivity contribution in [3.8, 4) is 0 Å². The highest BCUT2D eigenvalue weighted by Crippen LogP contribution is 2.21. The van der Waals surface area contributed by atoms with Crippen LogP contribution in [0.4, 0.5) is 0 Å². The van der Waals surface area contributed by atoms with Gasteiger partial charge in [0.05, 0.1) is 0 Å². The molecule has 17 heavy (non-hydrogen) atoms. The van der Waals surface area contributed by atoms with Crippen molar-refractivity contribution in [3.05, 3.63) is 34.3 Å². The number of nitrogens with zero attached hydrogens (tertiary/aromatic N) is 1. The van der Waals surface area contributed by atoms with Crippen LogP contribution in [0.2, 0.25) is 0 Å². The van der Waals surface area contributed by atoms with Crippen molar-refractivity contribution in [2.24, 2.45) is 0 Å². The minimum atomic E-state index is 0.277. The van der Waals surface area contributed by atoms with Crippen LogP contribution >= 0.6 is 15.9 Å². The van der Waals surface area contributed by atoms with Gasteiger partial charge in [-0.25, -0.2) is 0 Å². The maximum atomic E-state index is 3.63. The molecule has 1 aliphatic heterocycles. The number of halogens is 1. The van der Waals surface area contributed by atoms with Crippen molar-refractivity contribution in [1.29, 1.82) is 0 Å². The Labute approximate surface area is 113 Å². The van der Waals surface area contributed by atoms with Gasteiger partial charge in [0, 0.05) is 36.2 Å². The van der Waals surface area contributed by atoms with Gasteiger partial charge in [0.1, 0.15) is 0 Å². The van der Waals surface area contributed by atoms with E-state index >= 15 is 0 Å². The van der Waals surface area contributed by atoms with E-state index < -0.39 is 0 Å². The summed E-state index contributed by atoms with van der Waals surface area (Å²) in [6.07, 6.45) is 1.18. The van der Waals surface area contributed by atoms with E-state index in [0.717, 1.165) is 26.2 Å². The molecule has 1 N–H and O–H groups in total. The summed E-state index contributed by atoms with van der Waals surface area (Å²) in [5.41, 5.74) is 1.66. The van der Waals surface area contributed by atoms with Crippen molar-refractivity contribution in [1.82, 2.24) is 10.2 Å². The molecule has 3 heteroatoms. The first-order valence-corrected chi connectivity index (χ1v) is 7.13. The van der Waals surface area contributed by atoms with Crippen molar-refractivity contribution in [3.63, 3.8) is 0 Å². The second-order valence-electron chi connectivity index (χ2n) is 5.14. The van der Waals surface area contributed by atoms with Gasteiger partial charge in [-0.05, 0) is 25.0 Å². The van der Waals surface area contributed by atoms with Crippen molar-refractivity contribution < 1.29 is 0 Å². The molecule has 1 unspecified atom stereocenters. The van der Waals surface area contributed by atoms with Gasteiger partial charge in [0.25, 0.3) is 0 Å². The molecule has 0 aliphatic carbocycles. The molecule has 0 bridgehead atoms. The molecule has 1 heterocycles. The fraction of sp³-hybridized carbons (Fsp3) is 0.571. The number of nitrogens with one attached hydrogen (secondary N) is 1. The summed E-state index contributed by atoms with van der Waals surface area (Å²) in [7, 11) is 0. The average molecular weight is 297 g/mol. The Morgan fingerprint density at radius 1 is 1.41 bits per heavy atom. The molecule has 1 fully saturated rings. The minimum Gasteiger partial charge on any atom is -0.309 e. The van der Waals surface area contributed by atoms with Crippen LogP contribution in [0, 0.1) is 0 Å². The SMILES string of the molecule is CCC1(C)CN(Cc2ccccc2Br)CCN1. The highest BCUT2D eigenvalue weighted by molar-refractivity contribution is 9.10. The second-order valence-corrected chi connectivity index (χ2v) is 6.00. The topological polar surface area (TPSA) is 15.3 Å². The molecule has 0 saturated carbocycles. The molecule has 1 aromatic rings. The smallest absolute Gasteiger partial charge is 0.0278 e. The number of benzene rings is 1. The Morgan fingerprint density at radius 3 is 2.88 bits per heavy atom. The van der Waals surface area contributed by atoms with Gasteiger partial charge in [-0.1, -0.05) is 41.1 Å². The number of rotatable bonds is 3. The zero-order chi connectivity index (χ0) is 12.3. The Bertz CT molecular complexity index is 380. The van der Waals surface area contributed by atoms with Gasteiger partial charge < -0.3 is 5.32 Å². The van der Waals surface area contributed by atoms with Gasteiger partial charge in [-0.3, -0.25) is 4.90 Å². The standard InChI is InChI=1S/C14H21BrN2/c1-3-14(2)11-17(9-8-16-14)10-12-6-4-5-7-13(12)15/h4-7,16H,3,8-11H2,1-2H3. The first-order valence-electron chi connectivity index (χ1n) is 6.34. The predicted molar refractivity (Wildman–Crippen MR) is 76.1 cm³/mol. The number of hydrogen-bond acceptors (Lipinski definition) is 2. The normalized spacial score (nSPS) is 26.1. The molecule has 2 nitrogen and oxygen atoms in total. The molecule has 0 aromatic heterocycles. The molecular formula is C14H21BrN2. The highest BCUT2D eigenvalue weighted by atomic mass is 79.9. The number of hydrogen-bond donors (Lipinski definition) is 1. The summed E-state index contributed by atoms with van der Waals surface area (Å²) in [5, 5.41) is 3.62. The second kappa shape index (κ2) is 5.51. The molecule has 0 radical (unpaired) electrons. The van der Waals surface area contributed by atoms with Crippen LogP contribution in [-0.2, 0) is 6.54 Å². The third-order valence-electron chi connectivity index (χ3n) is 3.68. The largest absolute Gasteiger partial charge is 0.309 e. The molecule has 1 atom stereocenters. The molecule has 2 rings (SSSR count). The maximum Gasteiger partial charge on any atom is 0.0278 e. The van der Waals surface area contributed by atoms with Gasteiger partial charge in [0.2, 0.25) is 0 Å². The van der Waals surface area contributed by atoms with Crippen molar-refractivity contribution >= 4 is 15.9 Å². The van der Waals surface area contributed by atoms with Gasteiger partial charge in [-0.15, -0.1) is 0 Å². The van der Waals surface area contributed by atoms with E-state index in [9.17, 15) is 0 Å². The van der Waals surface area contributed by atoms with Gasteiger partial charge >= 0.3 is 0 Å². The monoisotopic (exact) mass is 296 g/mol. The molecular weight excluding hydrogens is 276 g/mol. The molecule has 1 saturated heterocycles. The van der Waals surface area contributed by atoms with E-state index in [1.165, 1.54) is 16.5 Å². The van der Waals surface area contributed by atoms with E-state index in [-0.39, 0.29) is 5.54 Å². The lowest BCUT2D eigenvalue weighted by molar-refractivity contribution is 0.133. The maximum absolute atomic E-state index is 3.63.